The first-order valence-corrected chi connectivity index (χ1v) is 11.1. The van der Waals surface area contributed by atoms with Gasteiger partial charge in [0.2, 0.25) is 0 Å². The Bertz CT molecular complexity index is 1150. The number of nitrogens with one attached hydrogen (secondary N) is 5. The molecule has 162 valence electrons. The molecule has 0 atom stereocenters. The molecule has 5 N–H and O–H groups in total. The fourth-order valence-corrected chi connectivity index (χ4v) is 4.91. The lowest BCUT2D eigenvalue weighted by molar-refractivity contribution is -0.147. The summed E-state index contributed by atoms with van der Waals surface area (Å²) >= 11 is 0. The number of hydrogen-bond donors (Lipinski definition) is 5. The van der Waals surface area contributed by atoms with Gasteiger partial charge in [-0.15, -0.1) is 10.4 Å². The van der Waals surface area contributed by atoms with E-state index in [4.69, 9.17) is 4.84 Å². The van der Waals surface area contributed by atoms with E-state index >= 15 is 0 Å². The lowest BCUT2D eigenvalue weighted by Crippen LogP contribution is -2.55. The highest BCUT2D eigenvalue weighted by Gasteiger charge is 2.28. The molecule has 1 aromatic rings. The monoisotopic (exact) mass is 433 g/mol. The molecule has 0 saturated heterocycles. The summed E-state index contributed by atoms with van der Waals surface area (Å²) < 4.78 is 26.7. The highest BCUT2D eigenvalue weighted by molar-refractivity contribution is 7.89. The van der Waals surface area contributed by atoms with Gasteiger partial charge < -0.3 is 10.2 Å². The maximum absolute atomic E-state index is 13.3. The number of rotatable bonds is 2. The molecule has 9 nitrogen and oxygen atoms in total. The van der Waals surface area contributed by atoms with Crippen molar-refractivity contribution >= 4 is 27.3 Å². The van der Waals surface area contributed by atoms with Crippen molar-refractivity contribution in [3.05, 3.63) is 52.1 Å². The smallest absolute Gasteiger partial charge is 0.354 e. The molecule has 3 rings (SSSR count). The number of hydrazine groups is 3. The van der Waals surface area contributed by atoms with Gasteiger partial charge >= 0.3 is 5.97 Å². The van der Waals surface area contributed by atoms with Crippen LogP contribution in [0.25, 0.3) is 11.3 Å². The van der Waals surface area contributed by atoms with Crippen molar-refractivity contribution in [2.45, 2.75) is 51.3 Å². The van der Waals surface area contributed by atoms with E-state index in [1.165, 1.54) is 0 Å². The Morgan fingerprint density at radius 2 is 1.67 bits per heavy atom. The molecule has 2 heterocycles. The molecule has 0 spiro atoms. The average Bonchev–Trinajstić information content (AvgIpc) is 2.71. The minimum Gasteiger partial charge on any atom is -0.361 e. The topological polar surface area (TPSA) is 121 Å². The van der Waals surface area contributed by atoms with Crippen molar-refractivity contribution in [1.82, 2.24) is 26.8 Å². The fraction of sp³-hybridized carbons (Fsp3) is 0.350. The van der Waals surface area contributed by atoms with Gasteiger partial charge in [0.25, 0.3) is 10.0 Å². The van der Waals surface area contributed by atoms with Crippen LogP contribution in [0.3, 0.4) is 0 Å². The Hall–Kier alpha value is -2.50. The molecule has 0 saturated carbocycles. The summed E-state index contributed by atoms with van der Waals surface area (Å²) in [5.41, 5.74) is 9.14. The van der Waals surface area contributed by atoms with Crippen LogP contribution < -0.4 is 37.2 Å². The van der Waals surface area contributed by atoms with Crippen LogP contribution in [0, 0.1) is 0 Å². The van der Waals surface area contributed by atoms with Crippen LogP contribution in [-0.2, 0) is 19.7 Å². The maximum Gasteiger partial charge on any atom is 0.354 e. The molecular formula is C20H27N5O4S. The van der Waals surface area contributed by atoms with Gasteiger partial charge in [0.15, 0.2) is 0 Å². The van der Waals surface area contributed by atoms with Gasteiger partial charge in [-0.05, 0) is 42.0 Å². The molecule has 0 aromatic heterocycles. The Balaban J connectivity index is 2.69. The zero-order chi connectivity index (χ0) is 22.1. The molecule has 0 aliphatic carbocycles. The first-order valence-electron chi connectivity index (χ1n) is 9.65. The summed E-state index contributed by atoms with van der Waals surface area (Å²) in [6, 6.07) is 1.92. The van der Waals surface area contributed by atoms with Crippen LogP contribution in [0.4, 0.5) is 0 Å². The highest BCUT2D eigenvalue weighted by Crippen LogP contribution is 2.24. The van der Waals surface area contributed by atoms with Crippen LogP contribution >= 0.6 is 0 Å². The lowest BCUT2D eigenvalue weighted by atomic mass is 9.90. The largest absolute Gasteiger partial charge is 0.361 e. The standard InChI is InChI=1S/C20H27N5O4S/c1-11(2)14-10-15(12(3)4)19-17(18(14)16-8-6-7-9-21-16)13(5)20(26)29-24-22-23-25-30(19,27)28/h6-12,21-25H,1-5H3. The Morgan fingerprint density at radius 1 is 0.967 bits per heavy atom. The molecule has 0 amide bonds. The third-order valence-electron chi connectivity index (χ3n) is 4.95. The van der Waals surface area contributed by atoms with Gasteiger partial charge in [-0.2, -0.15) is 5.53 Å². The quantitative estimate of drug-likeness (QED) is 0.447. The van der Waals surface area contributed by atoms with Crippen LogP contribution in [-0.4, -0.2) is 14.4 Å². The van der Waals surface area contributed by atoms with E-state index in [1.54, 1.807) is 13.1 Å². The van der Waals surface area contributed by atoms with Crippen LogP contribution in [0.5, 0.6) is 0 Å². The van der Waals surface area contributed by atoms with Crippen molar-refractivity contribution < 1.29 is 18.0 Å². The predicted octanol–water partition coefficient (Wildman–Crippen LogP) is 0.149. The third kappa shape index (κ3) is 4.18. The molecule has 0 radical (unpaired) electrons. The Morgan fingerprint density at radius 3 is 2.27 bits per heavy atom. The van der Waals surface area contributed by atoms with E-state index in [1.807, 2.05) is 52.0 Å². The van der Waals surface area contributed by atoms with E-state index in [-0.39, 0.29) is 22.3 Å². The number of hydrogen-bond acceptors (Lipinski definition) is 8. The second-order valence-electron chi connectivity index (χ2n) is 7.69. The van der Waals surface area contributed by atoms with Crippen molar-refractivity contribution in [2.24, 2.45) is 0 Å². The molecule has 30 heavy (non-hydrogen) atoms. The van der Waals surface area contributed by atoms with E-state index in [2.05, 4.69) is 26.8 Å². The van der Waals surface area contributed by atoms with Gasteiger partial charge in [-0.3, -0.25) is 0 Å². The summed E-state index contributed by atoms with van der Waals surface area (Å²) in [5, 5.41) is 4.15. The maximum atomic E-state index is 13.3. The van der Waals surface area contributed by atoms with E-state index in [0.717, 1.165) is 5.56 Å². The van der Waals surface area contributed by atoms with Crippen molar-refractivity contribution in [2.75, 3.05) is 0 Å². The number of allylic oxidation sites excluding steroid dienone is 2. The molecule has 2 aliphatic rings. The van der Waals surface area contributed by atoms with Crippen molar-refractivity contribution in [3.63, 3.8) is 0 Å². The minimum atomic E-state index is -4.05. The molecule has 0 bridgehead atoms. The van der Waals surface area contributed by atoms with E-state index < -0.39 is 16.0 Å². The molecule has 0 unspecified atom stereocenters. The number of fused-ring (bicyclic) bond motifs is 1. The molecule has 0 fully saturated rings. The van der Waals surface area contributed by atoms with E-state index in [0.29, 0.717) is 21.7 Å². The number of sulfonamides is 1. The zero-order valence-electron chi connectivity index (χ0n) is 17.6. The minimum absolute atomic E-state index is 0.0415. The summed E-state index contributed by atoms with van der Waals surface area (Å²) in [6.07, 6.45) is 7.30. The normalized spacial score (nSPS) is 20.8. The predicted molar refractivity (Wildman–Crippen MR) is 114 cm³/mol. The molecule has 10 heteroatoms. The Labute approximate surface area is 175 Å². The molecule has 2 aliphatic heterocycles. The Kier molecular flexibility index (Phi) is 6.44. The van der Waals surface area contributed by atoms with Gasteiger partial charge in [0.1, 0.15) is 0 Å². The summed E-state index contributed by atoms with van der Waals surface area (Å²) in [7, 11) is -4.05. The molecule has 1 aromatic carbocycles. The van der Waals surface area contributed by atoms with Gasteiger partial charge in [-0.1, -0.05) is 45.4 Å². The second kappa shape index (κ2) is 8.70. The van der Waals surface area contributed by atoms with Crippen molar-refractivity contribution in [3.8, 4) is 0 Å². The first-order chi connectivity index (χ1) is 14.1. The second-order valence-corrected chi connectivity index (χ2v) is 9.31. The van der Waals surface area contributed by atoms with Crippen LogP contribution in [0.1, 0.15) is 57.6 Å². The van der Waals surface area contributed by atoms with Gasteiger partial charge in [-0.25, -0.2) is 13.2 Å². The van der Waals surface area contributed by atoms with Crippen LogP contribution in [0.2, 0.25) is 0 Å². The van der Waals surface area contributed by atoms with Gasteiger partial charge in [0.05, 0.1) is 4.90 Å². The number of carbonyl (C=O) groups excluding carboxylic acids is 1. The van der Waals surface area contributed by atoms with Gasteiger partial charge in [0, 0.05) is 27.9 Å². The third-order valence-corrected chi connectivity index (χ3v) is 6.30. The zero-order valence-corrected chi connectivity index (χ0v) is 18.4. The number of benzene rings is 1. The summed E-state index contributed by atoms with van der Waals surface area (Å²) in [4.78, 5) is 20.1. The number of carbonyl (C=O) groups is 1. The van der Waals surface area contributed by atoms with E-state index in [9.17, 15) is 13.2 Å². The molecular weight excluding hydrogens is 406 g/mol. The SMILES string of the molecule is CC1=c2c(c(C(C)C)cc(C(C)C)c2=C2C=CC=CN2)S(=O)(=O)NNNNOC1=O. The number of dihydropyridines is 1. The lowest BCUT2D eigenvalue weighted by Gasteiger charge is -2.23. The van der Waals surface area contributed by atoms with Crippen LogP contribution in [0.15, 0.2) is 35.4 Å². The summed E-state index contributed by atoms with van der Waals surface area (Å²) in [5.74, 6) is -0.737. The van der Waals surface area contributed by atoms with Crippen molar-refractivity contribution in [1.29, 1.82) is 0 Å². The first kappa shape index (κ1) is 22.2. The average molecular weight is 434 g/mol. The highest BCUT2D eigenvalue weighted by atomic mass is 32.2. The fourth-order valence-electron chi connectivity index (χ4n) is 3.50. The summed E-state index contributed by atoms with van der Waals surface area (Å²) in [6.45, 7) is 9.47.